The largest absolute Gasteiger partial charge is 0.376 e. The van der Waals surface area contributed by atoms with Crippen LogP contribution in [0, 0.1) is 13.8 Å². The van der Waals surface area contributed by atoms with Crippen LogP contribution in [0.25, 0.3) is 0 Å². The molecule has 2 saturated heterocycles. The molecule has 2 fully saturated rings. The highest BCUT2D eigenvalue weighted by Gasteiger charge is 2.37. The van der Waals surface area contributed by atoms with Crippen molar-refractivity contribution in [3.8, 4) is 0 Å². The lowest BCUT2D eigenvalue weighted by Gasteiger charge is -2.36. The minimum Gasteiger partial charge on any atom is -0.376 e. The number of rotatable bonds is 5. The molecule has 0 spiro atoms. The number of amides is 2. The lowest BCUT2D eigenvalue weighted by molar-refractivity contribution is -0.128. The molecule has 2 amide bonds. The molecule has 0 radical (unpaired) electrons. The van der Waals surface area contributed by atoms with Crippen molar-refractivity contribution in [3.63, 3.8) is 0 Å². The predicted molar refractivity (Wildman–Crippen MR) is 88.5 cm³/mol. The molecule has 24 heavy (non-hydrogen) atoms. The van der Waals surface area contributed by atoms with Gasteiger partial charge in [-0.3, -0.25) is 14.7 Å². The van der Waals surface area contributed by atoms with Gasteiger partial charge in [0.2, 0.25) is 11.8 Å². The molecule has 3 rings (SSSR count). The molecule has 2 aliphatic heterocycles. The SMILES string of the molecule is Cc1n[nH]c(C)c1CCC(=O)N[C@H]1CCC(=O)N[C@@H]1C1CCCO1. The first kappa shape index (κ1) is 17.0. The van der Waals surface area contributed by atoms with Crippen molar-refractivity contribution < 1.29 is 14.3 Å². The predicted octanol–water partition coefficient (Wildman–Crippen LogP) is 0.902. The third-order valence-corrected chi connectivity index (χ3v) is 5.04. The second kappa shape index (κ2) is 7.34. The minimum absolute atomic E-state index is 0.0120. The molecule has 3 atom stereocenters. The Hall–Kier alpha value is -1.89. The first-order chi connectivity index (χ1) is 11.5. The van der Waals surface area contributed by atoms with Crippen LogP contribution in [0.5, 0.6) is 0 Å². The van der Waals surface area contributed by atoms with E-state index in [0.717, 1.165) is 36.4 Å². The summed E-state index contributed by atoms with van der Waals surface area (Å²) >= 11 is 0. The molecule has 7 nitrogen and oxygen atoms in total. The summed E-state index contributed by atoms with van der Waals surface area (Å²) in [4.78, 5) is 24.1. The maximum absolute atomic E-state index is 12.4. The van der Waals surface area contributed by atoms with Crippen molar-refractivity contribution in [2.45, 2.75) is 70.6 Å². The van der Waals surface area contributed by atoms with E-state index in [-0.39, 0.29) is 30.0 Å². The standard InChI is InChI=1S/C17H26N4O3/c1-10-12(11(2)21-20-10)5-7-15(22)18-13-6-8-16(23)19-17(13)14-4-3-9-24-14/h13-14,17H,3-9H2,1-2H3,(H,18,22)(H,19,23)(H,20,21)/t13-,14?,17-/m0/s1. The van der Waals surface area contributed by atoms with E-state index >= 15 is 0 Å². The summed E-state index contributed by atoms with van der Waals surface area (Å²) in [5.74, 6) is 0.0600. The number of hydrogen-bond acceptors (Lipinski definition) is 4. The lowest BCUT2D eigenvalue weighted by Crippen LogP contribution is -2.60. The monoisotopic (exact) mass is 334 g/mol. The van der Waals surface area contributed by atoms with Crippen LogP contribution in [-0.2, 0) is 20.7 Å². The molecule has 132 valence electrons. The smallest absolute Gasteiger partial charge is 0.220 e. The second-order valence-corrected chi connectivity index (χ2v) is 6.77. The van der Waals surface area contributed by atoms with Crippen LogP contribution in [-0.4, -0.2) is 46.8 Å². The number of hydrogen-bond donors (Lipinski definition) is 3. The maximum atomic E-state index is 12.4. The Labute approximate surface area is 141 Å². The molecule has 2 aliphatic rings. The highest BCUT2D eigenvalue weighted by atomic mass is 16.5. The van der Waals surface area contributed by atoms with Gasteiger partial charge in [0.1, 0.15) is 0 Å². The van der Waals surface area contributed by atoms with Gasteiger partial charge in [0.05, 0.1) is 23.9 Å². The molecule has 7 heteroatoms. The fourth-order valence-electron chi connectivity index (χ4n) is 3.68. The zero-order valence-electron chi connectivity index (χ0n) is 14.4. The number of carbonyl (C=O) groups excluding carboxylic acids is 2. The zero-order valence-corrected chi connectivity index (χ0v) is 14.4. The highest BCUT2D eigenvalue weighted by molar-refractivity contribution is 5.79. The van der Waals surface area contributed by atoms with E-state index in [1.807, 2.05) is 13.8 Å². The van der Waals surface area contributed by atoms with Gasteiger partial charge in [-0.2, -0.15) is 5.10 Å². The number of ether oxygens (including phenoxy) is 1. The Balaban J connectivity index is 1.56. The molecule has 0 saturated carbocycles. The third-order valence-electron chi connectivity index (χ3n) is 5.04. The first-order valence-corrected chi connectivity index (χ1v) is 8.75. The summed E-state index contributed by atoms with van der Waals surface area (Å²) in [7, 11) is 0. The van der Waals surface area contributed by atoms with Crippen LogP contribution in [0.3, 0.4) is 0 Å². The first-order valence-electron chi connectivity index (χ1n) is 8.75. The maximum Gasteiger partial charge on any atom is 0.220 e. The molecule has 1 unspecified atom stereocenters. The number of aryl methyl sites for hydroxylation is 2. The summed E-state index contributed by atoms with van der Waals surface area (Å²) in [6.45, 7) is 4.65. The highest BCUT2D eigenvalue weighted by Crippen LogP contribution is 2.22. The van der Waals surface area contributed by atoms with E-state index in [2.05, 4.69) is 20.8 Å². The van der Waals surface area contributed by atoms with Crippen LogP contribution in [0.1, 0.15) is 49.1 Å². The second-order valence-electron chi connectivity index (χ2n) is 6.77. The normalized spacial score (nSPS) is 27.1. The van der Waals surface area contributed by atoms with Crippen LogP contribution in [0.4, 0.5) is 0 Å². The van der Waals surface area contributed by atoms with Gasteiger partial charge in [-0.05, 0) is 45.1 Å². The van der Waals surface area contributed by atoms with Crippen LogP contribution >= 0.6 is 0 Å². The number of nitrogens with one attached hydrogen (secondary N) is 3. The van der Waals surface area contributed by atoms with Crippen LogP contribution < -0.4 is 10.6 Å². The van der Waals surface area contributed by atoms with Crippen molar-refractivity contribution in [1.29, 1.82) is 0 Å². The van der Waals surface area contributed by atoms with Crippen LogP contribution in [0.2, 0.25) is 0 Å². The molecule has 0 bridgehead atoms. The van der Waals surface area contributed by atoms with Crippen molar-refractivity contribution in [1.82, 2.24) is 20.8 Å². The van der Waals surface area contributed by atoms with Crippen molar-refractivity contribution >= 4 is 11.8 Å². The number of aromatic amines is 1. The molecule has 1 aromatic rings. The Bertz CT molecular complexity index is 587. The van der Waals surface area contributed by atoms with E-state index < -0.39 is 0 Å². The molecule has 0 aliphatic carbocycles. The summed E-state index contributed by atoms with van der Waals surface area (Å²) in [6.07, 6.45) is 4.17. The summed E-state index contributed by atoms with van der Waals surface area (Å²) in [5.41, 5.74) is 3.07. The Morgan fingerprint density at radius 1 is 1.38 bits per heavy atom. The Morgan fingerprint density at radius 2 is 2.21 bits per heavy atom. The van der Waals surface area contributed by atoms with Crippen molar-refractivity contribution in [2.24, 2.45) is 0 Å². The molecule has 3 N–H and O–H groups in total. The van der Waals surface area contributed by atoms with E-state index in [9.17, 15) is 9.59 Å². The van der Waals surface area contributed by atoms with Gasteiger partial charge >= 0.3 is 0 Å². The van der Waals surface area contributed by atoms with Gasteiger partial charge < -0.3 is 15.4 Å². The van der Waals surface area contributed by atoms with E-state index in [0.29, 0.717) is 25.7 Å². The lowest BCUT2D eigenvalue weighted by atomic mass is 9.92. The van der Waals surface area contributed by atoms with Crippen molar-refractivity contribution in [2.75, 3.05) is 6.61 Å². The quantitative estimate of drug-likeness (QED) is 0.745. The van der Waals surface area contributed by atoms with Gasteiger partial charge in [0.25, 0.3) is 0 Å². The van der Waals surface area contributed by atoms with E-state index in [1.54, 1.807) is 0 Å². The molecule has 0 aromatic carbocycles. The van der Waals surface area contributed by atoms with Gasteiger partial charge in [-0.25, -0.2) is 0 Å². The van der Waals surface area contributed by atoms with E-state index in [1.165, 1.54) is 0 Å². The number of aromatic nitrogens is 2. The van der Waals surface area contributed by atoms with Gasteiger partial charge in [-0.1, -0.05) is 0 Å². The summed E-state index contributed by atoms with van der Waals surface area (Å²) in [5, 5.41) is 13.2. The van der Waals surface area contributed by atoms with Gasteiger partial charge in [-0.15, -0.1) is 0 Å². The molecular weight excluding hydrogens is 308 g/mol. The van der Waals surface area contributed by atoms with Crippen LogP contribution in [0.15, 0.2) is 0 Å². The van der Waals surface area contributed by atoms with E-state index in [4.69, 9.17) is 4.74 Å². The fraction of sp³-hybridized carbons (Fsp3) is 0.706. The van der Waals surface area contributed by atoms with Gasteiger partial charge in [0, 0.05) is 25.1 Å². The Kier molecular flexibility index (Phi) is 5.18. The van der Waals surface area contributed by atoms with Gasteiger partial charge in [0.15, 0.2) is 0 Å². The average molecular weight is 334 g/mol. The molecule has 1 aromatic heterocycles. The number of H-pyrrole nitrogens is 1. The average Bonchev–Trinajstić information content (AvgIpc) is 3.18. The number of piperidine rings is 1. The minimum atomic E-state index is -0.116. The Morgan fingerprint density at radius 3 is 2.88 bits per heavy atom. The van der Waals surface area contributed by atoms with Crippen molar-refractivity contribution in [3.05, 3.63) is 17.0 Å². The number of nitrogens with zero attached hydrogens (tertiary/aromatic N) is 1. The fourth-order valence-corrected chi connectivity index (χ4v) is 3.68. The molecular formula is C17H26N4O3. The number of carbonyl (C=O) groups is 2. The summed E-state index contributed by atoms with van der Waals surface area (Å²) < 4.78 is 5.72. The third kappa shape index (κ3) is 3.77. The topological polar surface area (TPSA) is 96.1 Å². The summed E-state index contributed by atoms with van der Waals surface area (Å²) in [6, 6.07) is -0.167. The zero-order chi connectivity index (χ0) is 17.1. The molecule has 3 heterocycles.